The van der Waals surface area contributed by atoms with Gasteiger partial charge in [0.05, 0.1) is 11.5 Å². The molecule has 0 bridgehead atoms. The molecule has 22 heavy (non-hydrogen) atoms. The molecule has 5 heteroatoms. The third-order valence-electron chi connectivity index (χ3n) is 4.08. The van der Waals surface area contributed by atoms with Crippen LogP contribution in [0.3, 0.4) is 0 Å². The lowest BCUT2D eigenvalue weighted by atomic mass is 9.92. The van der Waals surface area contributed by atoms with E-state index in [2.05, 4.69) is 13.8 Å². The second-order valence-corrected chi connectivity index (χ2v) is 8.76. The molecule has 4 nitrogen and oxygen atoms in total. The van der Waals surface area contributed by atoms with E-state index in [4.69, 9.17) is 0 Å². The predicted octanol–water partition coefficient (Wildman–Crippen LogP) is 2.50. The maximum absolute atomic E-state index is 12.2. The Morgan fingerprint density at radius 3 is 2.32 bits per heavy atom. The summed E-state index contributed by atoms with van der Waals surface area (Å²) in [5.41, 5.74) is 0.773. The molecule has 0 aromatic heterocycles. The van der Waals surface area contributed by atoms with Crippen molar-refractivity contribution < 1.29 is 13.2 Å². The van der Waals surface area contributed by atoms with Gasteiger partial charge in [-0.1, -0.05) is 44.2 Å². The number of carbonyl (C=O) groups excluding carboxylic acids is 1. The van der Waals surface area contributed by atoms with Crippen LogP contribution in [0, 0.1) is 11.8 Å². The predicted molar refractivity (Wildman–Crippen MR) is 88.1 cm³/mol. The monoisotopic (exact) mass is 323 g/mol. The van der Waals surface area contributed by atoms with Crippen molar-refractivity contribution in [1.82, 2.24) is 4.90 Å². The Hall–Kier alpha value is -1.36. The van der Waals surface area contributed by atoms with Gasteiger partial charge in [0.25, 0.3) is 0 Å². The summed E-state index contributed by atoms with van der Waals surface area (Å²) in [4.78, 5) is 14.1. The van der Waals surface area contributed by atoms with Gasteiger partial charge < -0.3 is 4.90 Å². The standard InChI is InChI=1S/C17H25NO3S/c1-14-10-15(2)12-18(11-14)17(19)8-9-22(20,21)13-16-6-4-3-5-7-16/h3-7,14-15H,8-13H2,1-2H3. The summed E-state index contributed by atoms with van der Waals surface area (Å²) in [5.74, 6) is 0.894. The first-order valence-corrected chi connectivity index (χ1v) is 9.70. The Kier molecular flexibility index (Phi) is 5.62. The van der Waals surface area contributed by atoms with Gasteiger partial charge in [0.1, 0.15) is 0 Å². The zero-order chi connectivity index (χ0) is 16.2. The minimum atomic E-state index is -3.24. The zero-order valence-corrected chi connectivity index (χ0v) is 14.2. The van der Waals surface area contributed by atoms with Crippen molar-refractivity contribution in [3.63, 3.8) is 0 Å². The van der Waals surface area contributed by atoms with E-state index >= 15 is 0 Å². The van der Waals surface area contributed by atoms with E-state index in [0.717, 1.165) is 25.1 Å². The van der Waals surface area contributed by atoms with Crippen LogP contribution < -0.4 is 0 Å². The van der Waals surface area contributed by atoms with Crippen LogP contribution in [0.15, 0.2) is 30.3 Å². The van der Waals surface area contributed by atoms with Crippen molar-refractivity contribution in [2.24, 2.45) is 11.8 Å². The largest absolute Gasteiger partial charge is 0.342 e. The first kappa shape index (κ1) is 17.0. The van der Waals surface area contributed by atoms with Gasteiger partial charge in [0.15, 0.2) is 9.84 Å². The van der Waals surface area contributed by atoms with E-state index in [0.29, 0.717) is 11.8 Å². The third kappa shape index (κ3) is 5.13. The highest BCUT2D eigenvalue weighted by Crippen LogP contribution is 2.21. The average Bonchev–Trinajstić information content (AvgIpc) is 2.44. The summed E-state index contributed by atoms with van der Waals surface area (Å²) >= 11 is 0. The topological polar surface area (TPSA) is 54.5 Å². The highest BCUT2D eigenvalue weighted by atomic mass is 32.2. The lowest BCUT2D eigenvalue weighted by molar-refractivity contribution is -0.133. The van der Waals surface area contributed by atoms with Crippen LogP contribution in [0.4, 0.5) is 0 Å². The Labute approximate surface area is 133 Å². The molecule has 0 N–H and O–H groups in total. The maximum atomic E-state index is 12.2. The minimum Gasteiger partial charge on any atom is -0.342 e. The lowest BCUT2D eigenvalue weighted by Crippen LogP contribution is -2.43. The first-order chi connectivity index (χ1) is 10.4. The molecule has 1 amide bonds. The molecule has 0 spiro atoms. The summed E-state index contributed by atoms with van der Waals surface area (Å²) in [7, 11) is -3.24. The van der Waals surface area contributed by atoms with Crippen LogP contribution in [0.25, 0.3) is 0 Å². The van der Waals surface area contributed by atoms with Gasteiger partial charge in [-0.15, -0.1) is 0 Å². The van der Waals surface area contributed by atoms with Gasteiger partial charge in [0.2, 0.25) is 5.91 Å². The van der Waals surface area contributed by atoms with Crippen molar-refractivity contribution in [1.29, 1.82) is 0 Å². The minimum absolute atomic E-state index is 0.00786. The molecule has 0 radical (unpaired) electrons. The second kappa shape index (κ2) is 7.27. The molecule has 1 heterocycles. The van der Waals surface area contributed by atoms with Crippen molar-refractivity contribution in [2.45, 2.75) is 32.4 Å². The molecule has 1 aliphatic heterocycles. The third-order valence-corrected chi connectivity index (χ3v) is 5.68. The number of benzene rings is 1. The zero-order valence-electron chi connectivity index (χ0n) is 13.4. The molecule has 1 aromatic carbocycles. The van der Waals surface area contributed by atoms with Crippen LogP contribution in [0.1, 0.15) is 32.3 Å². The van der Waals surface area contributed by atoms with Crippen LogP contribution >= 0.6 is 0 Å². The van der Waals surface area contributed by atoms with Crippen molar-refractivity contribution >= 4 is 15.7 Å². The summed E-state index contributed by atoms with van der Waals surface area (Å²) in [6.45, 7) is 5.79. The average molecular weight is 323 g/mol. The van der Waals surface area contributed by atoms with E-state index < -0.39 is 9.84 Å². The lowest BCUT2D eigenvalue weighted by Gasteiger charge is -2.35. The fourth-order valence-electron chi connectivity index (χ4n) is 3.17. The summed E-state index contributed by atoms with van der Waals surface area (Å²) < 4.78 is 24.3. The van der Waals surface area contributed by atoms with Crippen LogP contribution in [0.2, 0.25) is 0 Å². The highest BCUT2D eigenvalue weighted by molar-refractivity contribution is 7.90. The fraction of sp³-hybridized carbons (Fsp3) is 0.588. The fourth-order valence-corrected chi connectivity index (χ4v) is 4.50. The van der Waals surface area contributed by atoms with E-state index in [1.54, 1.807) is 12.1 Å². The number of hydrogen-bond acceptors (Lipinski definition) is 3. The van der Waals surface area contributed by atoms with Gasteiger partial charge in [-0.25, -0.2) is 8.42 Å². The molecule has 2 atom stereocenters. The molecule has 1 aliphatic rings. The normalized spacial score (nSPS) is 22.5. The number of carbonyl (C=O) groups is 1. The molecule has 1 aromatic rings. The van der Waals surface area contributed by atoms with E-state index in [9.17, 15) is 13.2 Å². The molecular formula is C17H25NO3S. The van der Waals surface area contributed by atoms with Gasteiger partial charge in [-0.2, -0.15) is 0 Å². The van der Waals surface area contributed by atoms with Gasteiger partial charge in [-0.3, -0.25) is 4.79 Å². The number of piperidine rings is 1. The van der Waals surface area contributed by atoms with E-state index in [-0.39, 0.29) is 23.8 Å². The van der Waals surface area contributed by atoms with Crippen LogP contribution in [-0.2, 0) is 20.4 Å². The van der Waals surface area contributed by atoms with Crippen molar-refractivity contribution in [2.75, 3.05) is 18.8 Å². The molecule has 1 saturated heterocycles. The summed E-state index contributed by atoms with van der Waals surface area (Å²) in [5, 5.41) is 0. The molecular weight excluding hydrogens is 298 g/mol. The SMILES string of the molecule is CC1CC(C)CN(C(=O)CCS(=O)(=O)Cc2ccccc2)C1. The van der Waals surface area contributed by atoms with Gasteiger partial charge in [0, 0.05) is 19.5 Å². The van der Waals surface area contributed by atoms with Gasteiger partial charge in [-0.05, 0) is 23.8 Å². The molecule has 2 rings (SSSR count). The molecule has 0 saturated carbocycles. The first-order valence-electron chi connectivity index (χ1n) is 7.88. The number of nitrogens with zero attached hydrogens (tertiary/aromatic N) is 1. The molecule has 2 unspecified atom stereocenters. The molecule has 122 valence electrons. The number of rotatable bonds is 5. The summed E-state index contributed by atoms with van der Waals surface area (Å²) in [6.07, 6.45) is 1.23. The van der Waals surface area contributed by atoms with E-state index in [1.165, 1.54) is 0 Å². The highest BCUT2D eigenvalue weighted by Gasteiger charge is 2.26. The number of amides is 1. The Bertz CT molecular complexity index is 588. The smallest absolute Gasteiger partial charge is 0.223 e. The quantitative estimate of drug-likeness (QED) is 0.836. The molecule has 0 aliphatic carbocycles. The second-order valence-electron chi connectivity index (χ2n) is 6.57. The summed E-state index contributed by atoms with van der Waals surface area (Å²) in [6, 6.07) is 9.11. The van der Waals surface area contributed by atoms with E-state index in [1.807, 2.05) is 23.1 Å². The Balaban J connectivity index is 1.87. The van der Waals surface area contributed by atoms with Crippen LogP contribution in [0.5, 0.6) is 0 Å². The van der Waals surface area contributed by atoms with Crippen LogP contribution in [-0.4, -0.2) is 38.1 Å². The number of likely N-dealkylation sites (tertiary alicyclic amines) is 1. The Morgan fingerprint density at radius 1 is 1.14 bits per heavy atom. The maximum Gasteiger partial charge on any atom is 0.223 e. The van der Waals surface area contributed by atoms with Gasteiger partial charge >= 0.3 is 0 Å². The number of sulfone groups is 1. The van der Waals surface area contributed by atoms with Crippen molar-refractivity contribution in [3.05, 3.63) is 35.9 Å². The number of hydrogen-bond donors (Lipinski definition) is 0. The molecule has 1 fully saturated rings. The Morgan fingerprint density at radius 2 is 1.73 bits per heavy atom. The van der Waals surface area contributed by atoms with Crippen molar-refractivity contribution in [3.8, 4) is 0 Å².